The number of ether oxygens (including phenoxy) is 1. The van der Waals surface area contributed by atoms with Gasteiger partial charge in [-0.05, 0) is 42.1 Å². The number of aryl methyl sites for hydroxylation is 1. The Morgan fingerprint density at radius 1 is 0.912 bits per heavy atom. The van der Waals surface area contributed by atoms with Crippen molar-refractivity contribution in [1.29, 1.82) is 0 Å². The number of esters is 1. The third-order valence-corrected chi connectivity index (χ3v) is 5.59. The fourth-order valence-corrected chi connectivity index (χ4v) is 3.84. The van der Waals surface area contributed by atoms with E-state index in [0.717, 1.165) is 22.0 Å². The summed E-state index contributed by atoms with van der Waals surface area (Å²) in [5.41, 5.74) is 4.56. The van der Waals surface area contributed by atoms with E-state index in [1.54, 1.807) is 12.1 Å². The monoisotopic (exact) mass is 450 g/mol. The van der Waals surface area contributed by atoms with E-state index in [1.807, 2.05) is 79.7 Å². The third kappa shape index (κ3) is 4.38. The molecule has 6 nitrogen and oxygen atoms in total. The van der Waals surface area contributed by atoms with Crippen molar-refractivity contribution in [2.24, 2.45) is 0 Å². The Hall–Kier alpha value is -4.45. The summed E-state index contributed by atoms with van der Waals surface area (Å²) < 4.78 is 11.3. The van der Waals surface area contributed by atoms with Gasteiger partial charge < -0.3 is 14.5 Å². The van der Waals surface area contributed by atoms with Gasteiger partial charge in [0, 0.05) is 17.5 Å². The molecule has 34 heavy (non-hydrogen) atoms. The number of benzene rings is 4. The first-order valence-electron chi connectivity index (χ1n) is 11.0. The zero-order chi connectivity index (χ0) is 23.5. The van der Waals surface area contributed by atoms with E-state index in [1.165, 1.54) is 0 Å². The Labute approximate surface area is 196 Å². The SMILES string of the molecule is Cc1ccc(CNC(=O)COC(=O)c2cccc3cccc(-c4nc5ccccc5o4)c23)cc1. The number of aromatic nitrogens is 1. The van der Waals surface area contributed by atoms with Crippen molar-refractivity contribution < 1.29 is 18.7 Å². The highest BCUT2D eigenvalue weighted by molar-refractivity contribution is 6.10. The van der Waals surface area contributed by atoms with Crippen LogP contribution in [0.25, 0.3) is 33.3 Å². The minimum atomic E-state index is -0.584. The van der Waals surface area contributed by atoms with E-state index in [2.05, 4.69) is 10.3 Å². The summed E-state index contributed by atoms with van der Waals surface area (Å²) >= 11 is 0. The molecule has 0 bridgehead atoms. The Morgan fingerprint density at radius 3 is 2.47 bits per heavy atom. The first-order chi connectivity index (χ1) is 16.6. The second-order valence-electron chi connectivity index (χ2n) is 8.03. The van der Waals surface area contributed by atoms with E-state index in [-0.39, 0.29) is 12.5 Å². The number of hydrogen-bond acceptors (Lipinski definition) is 5. The molecule has 1 N–H and O–H groups in total. The molecule has 0 saturated carbocycles. The lowest BCUT2D eigenvalue weighted by Crippen LogP contribution is -2.28. The molecule has 1 aromatic heterocycles. The molecule has 0 unspecified atom stereocenters. The van der Waals surface area contributed by atoms with Gasteiger partial charge in [-0.1, -0.05) is 66.2 Å². The largest absolute Gasteiger partial charge is 0.452 e. The predicted octanol–water partition coefficient (Wildman–Crippen LogP) is 5.43. The number of nitrogens with zero attached hydrogens (tertiary/aromatic N) is 1. The average molecular weight is 450 g/mol. The van der Waals surface area contributed by atoms with E-state index >= 15 is 0 Å². The van der Waals surface area contributed by atoms with Crippen molar-refractivity contribution in [3.63, 3.8) is 0 Å². The van der Waals surface area contributed by atoms with Crippen LogP contribution in [0.3, 0.4) is 0 Å². The van der Waals surface area contributed by atoms with E-state index in [0.29, 0.717) is 34.5 Å². The summed E-state index contributed by atoms with van der Waals surface area (Å²) in [4.78, 5) is 29.8. The fourth-order valence-electron chi connectivity index (χ4n) is 3.84. The lowest BCUT2D eigenvalue weighted by Gasteiger charge is -2.10. The van der Waals surface area contributed by atoms with Gasteiger partial charge >= 0.3 is 5.97 Å². The van der Waals surface area contributed by atoms with Crippen LogP contribution >= 0.6 is 0 Å². The van der Waals surface area contributed by atoms with Gasteiger partial charge in [-0.15, -0.1) is 0 Å². The van der Waals surface area contributed by atoms with Crippen LogP contribution in [0, 0.1) is 6.92 Å². The first kappa shape index (κ1) is 21.4. The zero-order valence-corrected chi connectivity index (χ0v) is 18.6. The van der Waals surface area contributed by atoms with Gasteiger partial charge in [0.15, 0.2) is 12.2 Å². The van der Waals surface area contributed by atoms with Crippen LogP contribution in [-0.2, 0) is 16.1 Å². The van der Waals surface area contributed by atoms with Crippen molar-refractivity contribution in [3.8, 4) is 11.5 Å². The number of fused-ring (bicyclic) bond motifs is 2. The summed E-state index contributed by atoms with van der Waals surface area (Å²) in [7, 11) is 0. The lowest BCUT2D eigenvalue weighted by molar-refractivity contribution is -0.124. The van der Waals surface area contributed by atoms with Crippen molar-refractivity contribution >= 4 is 33.7 Å². The summed E-state index contributed by atoms with van der Waals surface area (Å²) in [6.45, 7) is 2.00. The van der Waals surface area contributed by atoms with Crippen LogP contribution in [0.15, 0.2) is 89.3 Å². The second kappa shape index (κ2) is 9.19. The molecule has 0 aliphatic heterocycles. The van der Waals surface area contributed by atoms with Gasteiger partial charge in [-0.3, -0.25) is 4.79 Å². The summed E-state index contributed by atoms with van der Waals surface area (Å²) in [5, 5.41) is 4.29. The number of oxazole rings is 1. The number of rotatable bonds is 6. The zero-order valence-electron chi connectivity index (χ0n) is 18.6. The van der Waals surface area contributed by atoms with Crippen molar-refractivity contribution in [3.05, 3.63) is 102 Å². The van der Waals surface area contributed by atoms with Crippen LogP contribution in [0.4, 0.5) is 0 Å². The molecule has 0 aliphatic rings. The summed E-state index contributed by atoms with van der Waals surface area (Å²) in [6, 6.07) is 26.4. The Balaban J connectivity index is 1.36. The molecule has 168 valence electrons. The van der Waals surface area contributed by atoms with Crippen LogP contribution < -0.4 is 5.32 Å². The normalized spacial score (nSPS) is 11.0. The quantitative estimate of drug-likeness (QED) is 0.349. The second-order valence-corrected chi connectivity index (χ2v) is 8.03. The fraction of sp³-hybridized carbons (Fsp3) is 0.107. The molecule has 0 radical (unpaired) electrons. The van der Waals surface area contributed by atoms with Crippen LogP contribution in [0.5, 0.6) is 0 Å². The topological polar surface area (TPSA) is 81.4 Å². The van der Waals surface area contributed by atoms with Gasteiger partial charge in [-0.2, -0.15) is 0 Å². The average Bonchev–Trinajstić information content (AvgIpc) is 3.30. The minimum absolute atomic E-state index is 0.349. The number of para-hydroxylation sites is 2. The molecule has 0 atom stereocenters. The first-order valence-corrected chi connectivity index (χ1v) is 11.0. The predicted molar refractivity (Wildman–Crippen MR) is 130 cm³/mol. The number of amides is 1. The van der Waals surface area contributed by atoms with Gasteiger partial charge in [0.2, 0.25) is 5.89 Å². The van der Waals surface area contributed by atoms with Crippen molar-refractivity contribution in [2.75, 3.05) is 6.61 Å². The summed E-state index contributed by atoms with van der Waals surface area (Å²) in [5.74, 6) is -0.532. The van der Waals surface area contributed by atoms with Crippen molar-refractivity contribution in [1.82, 2.24) is 10.3 Å². The highest BCUT2D eigenvalue weighted by atomic mass is 16.5. The number of carbonyl (C=O) groups excluding carboxylic acids is 2. The smallest absolute Gasteiger partial charge is 0.339 e. The number of carbonyl (C=O) groups is 2. The molecule has 0 aliphatic carbocycles. The van der Waals surface area contributed by atoms with Crippen molar-refractivity contribution in [2.45, 2.75) is 13.5 Å². The maximum atomic E-state index is 13.0. The molecule has 0 spiro atoms. The molecular weight excluding hydrogens is 428 g/mol. The maximum Gasteiger partial charge on any atom is 0.339 e. The molecule has 4 aromatic carbocycles. The molecule has 0 fully saturated rings. The van der Waals surface area contributed by atoms with E-state index in [9.17, 15) is 9.59 Å². The Morgan fingerprint density at radius 2 is 1.68 bits per heavy atom. The lowest BCUT2D eigenvalue weighted by atomic mass is 9.99. The van der Waals surface area contributed by atoms with Crippen LogP contribution in [0.2, 0.25) is 0 Å². The third-order valence-electron chi connectivity index (χ3n) is 5.59. The molecular formula is C28H22N2O4. The molecule has 1 heterocycles. The highest BCUT2D eigenvalue weighted by Crippen LogP contribution is 2.33. The number of hydrogen-bond donors (Lipinski definition) is 1. The molecule has 1 amide bonds. The van der Waals surface area contributed by atoms with Gasteiger partial charge in [0.25, 0.3) is 5.91 Å². The van der Waals surface area contributed by atoms with E-state index < -0.39 is 5.97 Å². The van der Waals surface area contributed by atoms with Gasteiger partial charge in [-0.25, -0.2) is 9.78 Å². The molecule has 5 aromatic rings. The molecule has 5 rings (SSSR count). The number of nitrogens with one attached hydrogen (secondary N) is 1. The summed E-state index contributed by atoms with van der Waals surface area (Å²) in [6.07, 6.45) is 0. The van der Waals surface area contributed by atoms with E-state index in [4.69, 9.17) is 9.15 Å². The molecule has 6 heteroatoms. The minimum Gasteiger partial charge on any atom is -0.452 e. The Bertz CT molecular complexity index is 1460. The standard InChI is InChI=1S/C28H22N2O4/c1-18-12-14-19(15-13-18)16-29-25(31)17-33-28(32)22-9-5-7-20-6-4-8-21(26(20)22)27-30-23-10-2-3-11-24(23)34-27/h2-15H,16-17H2,1H3,(H,29,31). The maximum absolute atomic E-state index is 13.0. The Kier molecular flexibility index (Phi) is 5.79. The van der Waals surface area contributed by atoms with Crippen LogP contribution in [0.1, 0.15) is 21.5 Å². The molecule has 0 saturated heterocycles. The highest BCUT2D eigenvalue weighted by Gasteiger charge is 2.19. The van der Waals surface area contributed by atoms with Gasteiger partial charge in [0.1, 0.15) is 5.52 Å². The van der Waals surface area contributed by atoms with Gasteiger partial charge in [0.05, 0.1) is 5.56 Å². The van der Waals surface area contributed by atoms with Crippen LogP contribution in [-0.4, -0.2) is 23.5 Å².